The first-order chi connectivity index (χ1) is 12.1. The number of amides is 1. The van der Waals surface area contributed by atoms with E-state index in [0.717, 1.165) is 18.7 Å². The van der Waals surface area contributed by atoms with Crippen molar-refractivity contribution in [2.24, 2.45) is 0 Å². The van der Waals surface area contributed by atoms with Crippen LogP contribution in [0.4, 0.5) is 0 Å². The minimum absolute atomic E-state index is 0.117. The van der Waals surface area contributed by atoms with Gasteiger partial charge < -0.3 is 14.6 Å². The minimum Gasteiger partial charge on any atom is -0.373 e. The molecule has 7 nitrogen and oxygen atoms in total. The molecule has 0 spiro atoms. The summed E-state index contributed by atoms with van der Waals surface area (Å²) in [4.78, 5) is 18.6. The van der Waals surface area contributed by atoms with Crippen LogP contribution in [0.25, 0.3) is 0 Å². The predicted molar refractivity (Wildman–Crippen MR) is 91.6 cm³/mol. The first kappa shape index (κ1) is 17.6. The lowest BCUT2D eigenvalue weighted by atomic mass is 10.2. The molecule has 0 bridgehead atoms. The highest BCUT2D eigenvalue weighted by Gasteiger charge is 2.24. The molecule has 1 aliphatic heterocycles. The number of rotatable bonds is 6. The van der Waals surface area contributed by atoms with Crippen LogP contribution in [0.15, 0.2) is 34.9 Å². The summed E-state index contributed by atoms with van der Waals surface area (Å²) < 4.78 is 11.0. The van der Waals surface area contributed by atoms with Gasteiger partial charge in [0.25, 0.3) is 0 Å². The Morgan fingerprint density at radius 1 is 1.24 bits per heavy atom. The molecule has 0 aliphatic carbocycles. The van der Waals surface area contributed by atoms with Gasteiger partial charge in [0.2, 0.25) is 11.8 Å². The van der Waals surface area contributed by atoms with Gasteiger partial charge >= 0.3 is 0 Å². The molecule has 1 fully saturated rings. The molecular weight excluding hydrogens is 320 g/mol. The SMILES string of the molecule is CC1CN(Cc2nc(CC(=O)NCc3ccccc3)no2)CC(C)O1. The molecule has 2 aromatic rings. The van der Waals surface area contributed by atoms with Gasteiger partial charge in [0.15, 0.2) is 5.82 Å². The van der Waals surface area contributed by atoms with Crippen LogP contribution in [-0.4, -0.2) is 46.2 Å². The fourth-order valence-electron chi connectivity index (χ4n) is 3.03. The molecule has 2 unspecified atom stereocenters. The number of hydrogen-bond acceptors (Lipinski definition) is 6. The Hall–Kier alpha value is -2.25. The third-order valence-corrected chi connectivity index (χ3v) is 4.02. The molecule has 1 amide bonds. The summed E-state index contributed by atoms with van der Waals surface area (Å²) in [6, 6.07) is 9.77. The molecule has 25 heavy (non-hydrogen) atoms. The highest BCUT2D eigenvalue weighted by molar-refractivity contribution is 5.77. The van der Waals surface area contributed by atoms with Crippen LogP contribution in [-0.2, 0) is 29.0 Å². The van der Waals surface area contributed by atoms with E-state index in [9.17, 15) is 4.79 Å². The zero-order valence-corrected chi connectivity index (χ0v) is 14.6. The number of carbonyl (C=O) groups is 1. The van der Waals surface area contributed by atoms with Gasteiger partial charge in [-0.15, -0.1) is 0 Å². The fraction of sp³-hybridized carbons (Fsp3) is 0.500. The number of nitrogens with one attached hydrogen (secondary N) is 1. The van der Waals surface area contributed by atoms with E-state index >= 15 is 0 Å². The Morgan fingerprint density at radius 3 is 2.68 bits per heavy atom. The van der Waals surface area contributed by atoms with Crippen LogP contribution in [0.5, 0.6) is 0 Å². The fourth-order valence-corrected chi connectivity index (χ4v) is 3.03. The molecule has 2 heterocycles. The van der Waals surface area contributed by atoms with Crippen LogP contribution < -0.4 is 5.32 Å². The number of carbonyl (C=O) groups excluding carboxylic acids is 1. The van der Waals surface area contributed by atoms with E-state index < -0.39 is 0 Å². The Morgan fingerprint density at radius 2 is 1.96 bits per heavy atom. The van der Waals surface area contributed by atoms with Crippen LogP contribution in [0.3, 0.4) is 0 Å². The maximum Gasteiger partial charge on any atom is 0.240 e. The van der Waals surface area contributed by atoms with Gasteiger partial charge in [-0.05, 0) is 19.4 Å². The van der Waals surface area contributed by atoms with Crippen molar-refractivity contribution in [1.82, 2.24) is 20.4 Å². The quantitative estimate of drug-likeness (QED) is 0.856. The number of nitrogens with zero attached hydrogens (tertiary/aromatic N) is 3. The number of ether oxygens (including phenoxy) is 1. The van der Waals surface area contributed by atoms with Crippen molar-refractivity contribution >= 4 is 5.91 Å². The van der Waals surface area contributed by atoms with Gasteiger partial charge in [0.1, 0.15) is 0 Å². The second-order valence-corrected chi connectivity index (χ2v) is 6.49. The number of benzene rings is 1. The van der Waals surface area contributed by atoms with Gasteiger partial charge in [-0.3, -0.25) is 9.69 Å². The zero-order chi connectivity index (χ0) is 17.6. The second kappa shape index (κ2) is 8.22. The standard InChI is InChI=1S/C18H24N4O3/c1-13-10-22(11-14(2)24-13)12-18-20-16(21-25-18)8-17(23)19-9-15-6-4-3-5-7-15/h3-7,13-14H,8-12H2,1-2H3,(H,19,23). The third kappa shape index (κ3) is 5.37. The summed E-state index contributed by atoms with van der Waals surface area (Å²) in [6.45, 7) is 6.85. The van der Waals surface area contributed by atoms with Crippen LogP contribution in [0, 0.1) is 0 Å². The van der Waals surface area contributed by atoms with Crippen LogP contribution >= 0.6 is 0 Å². The molecule has 0 saturated carbocycles. The molecule has 0 radical (unpaired) electrons. The summed E-state index contributed by atoms with van der Waals surface area (Å²) in [5.41, 5.74) is 1.06. The number of morpholine rings is 1. The Balaban J connectivity index is 1.47. The lowest BCUT2D eigenvalue weighted by Crippen LogP contribution is -2.44. The summed E-state index contributed by atoms with van der Waals surface area (Å²) in [6.07, 6.45) is 0.497. The normalized spacial score (nSPS) is 21.2. The Bertz CT molecular complexity index is 679. The van der Waals surface area contributed by atoms with Gasteiger partial charge in [-0.25, -0.2) is 0 Å². The van der Waals surface area contributed by atoms with Gasteiger partial charge in [0, 0.05) is 19.6 Å². The second-order valence-electron chi connectivity index (χ2n) is 6.49. The topological polar surface area (TPSA) is 80.5 Å². The molecule has 2 atom stereocenters. The van der Waals surface area contributed by atoms with E-state index in [-0.39, 0.29) is 24.5 Å². The van der Waals surface area contributed by atoms with E-state index in [0.29, 0.717) is 24.8 Å². The minimum atomic E-state index is -0.121. The van der Waals surface area contributed by atoms with Crippen molar-refractivity contribution in [2.45, 2.75) is 45.6 Å². The van der Waals surface area contributed by atoms with Crippen molar-refractivity contribution in [2.75, 3.05) is 13.1 Å². The maximum absolute atomic E-state index is 12.0. The molecule has 134 valence electrons. The van der Waals surface area contributed by atoms with Gasteiger partial charge in [-0.2, -0.15) is 4.98 Å². The van der Waals surface area contributed by atoms with Crippen molar-refractivity contribution in [3.05, 3.63) is 47.6 Å². The summed E-state index contributed by atoms with van der Waals surface area (Å²) in [5, 5.41) is 6.77. The molecule has 1 aromatic carbocycles. The molecule has 1 saturated heterocycles. The number of hydrogen-bond donors (Lipinski definition) is 1. The van der Waals surface area contributed by atoms with E-state index in [1.807, 2.05) is 30.3 Å². The molecule has 7 heteroatoms. The monoisotopic (exact) mass is 344 g/mol. The summed E-state index contributed by atoms with van der Waals surface area (Å²) in [5.74, 6) is 0.826. The molecular formula is C18H24N4O3. The van der Waals surface area contributed by atoms with E-state index in [4.69, 9.17) is 9.26 Å². The Kier molecular flexibility index (Phi) is 5.78. The van der Waals surface area contributed by atoms with Crippen LogP contribution in [0.2, 0.25) is 0 Å². The first-order valence-electron chi connectivity index (χ1n) is 8.58. The highest BCUT2D eigenvalue weighted by atomic mass is 16.5. The van der Waals surface area contributed by atoms with E-state index in [1.165, 1.54) is 0 Å². The molecule has 3 rings (SSSR count). The molecule has 1 aliphatic rings. The van der Waals surface area contributed by atoms with Crippen molar-refractivity contribution in [3.63, 3.8) is 0 Å². The van der Waals surface area contributed by atoms with Crippen molar-refractivity contribution in [3.8, 4) is 0 Å². The van der Waals surface area contributed by atoms with E-state index in [2.05, 4.69) is 34.2 Å². The van der Waals surface area contributed by atoms with Gasteiger partial charge in [0.05, 0.1) is 25.2 Å². The molecule has 1 aromatic heterocycles. The zero-order valence-electron chi connectivity index (χ0n) is 14.6. The summed E-state index contributed by atoms with van der Waals surface area (Å²) >= 11 is 0. The van der Waals surface area contributed by atoms with Gasteiger partial charge in [-0.1, -0.05) is 35.5 Å². The average molecular weight is 344 g/mol. The Labute approximate surface area is 147 Å². The smallest absolute Gasteiger partial charge is 0.240 e. The largest absolute Gasteiger partial charge is 0.373 e. The predicted octanol–water partition coefficient (Wildman–Crippen LogP) is 1.54. The first-order valence-corrected chi connectivity index (χ1v) is 8.58. The van der Waals surface area contributed by atoms with Crippen molar-refractivity contribution in [1.29, 1.82) is 0 Å². The average Bonchev–Trinajstić information content (AvgIpc) is 3.00. The summed E-state index contributed by atoms with van der Waals surface area (Å²) in [7, 11) is 0. The molecule has 1 N–H and O–H groups in total. The van der Waals surface area contributed by atoms with Crippen molar-refractivity contribution < 1.29 is 14.1 Å². The van der Waals surface area contributed by atoms with E-state index in [1.54, 1.807) is 0 Å². The highest BCUT2D eigenvalue weighted by Crippen LogP contribution is 2.13. The number of aromatic nitrogens is 2. The third-order valence-electron chi connectivity index (χ3n) is 4.02. The maximum atomic E-state index is 12.0. The van der Waals surface area contributed by atoms with Crippen LogP contribution in [0.1, 0.15) is 31.1 Å². The lowest BCUT2D eigenvalue weighted by molar-refractivity contribution is -0.120. The lowest BCUT2D eigenvalue weighted by Gasteiger charge is -2.34.